The van der Waals surface area contributed by atoms with E-state index < -0.39 is 23.5 Å². The highest BCUT2D eigenvalue weighted by atomic mass is 19.4. The van der Waals surface area contributed by atoms with E-state index in [-0.39, 0.29) is 18.2 Å². The van der Waals surface area contributed by atoms with Gasteiger partial charge in [0.05, 0.1) is 23.0 Å². The van der Waals surface area contributed by atoms with Crippen molar-refractivity contribution in [2.75, 3.05) is 22.9 Å². The van der Waals surface area contributed by atoms with E-state index in [1.807, 2.05) is 4.90 Å². The molecule has 0 unspecified atom stereocenters. The first-order valence-electron chi connectivity index (χ1n) is 14.3. The van der Waals surface area contributed by atoms with Crippen LogP contribution in [0.2, 0.25) is 0 Å². The molecule has 41 heavy (non-hydrogen) atoms. The summed E-state index contributed by atoms with van der Waals surface area (Å²) in [6.07, 6.45) is 1.34. The number of nitrogens with zero attached hydrogens (tertiary/aromatic N) is 3. The third-order valence-electron chi connectivity index (χ3n) is 8.36. The first-order chi connectivity index (χ1) is 19.5. The van der Waals surface area contributed by atoms with E-state index in [1.165, 1.54) is 36.8 Å². The van der Waals surface area contributed by atoms with Crippen LogP contribution in [0.3, 0.4) is 0 Å². The van der Waals surface area contributed by atoms with Crippen LogP contribution in [0.4, 0.5) is 37.7 Å². The second kappa shape index (κ2) is 11.9. The van der Waals surface area contributed by atoms with Gasteiger partial charge in [-0.25, -0.2) is 0 Å². The predicted molar refractivity (Wildman–Crippen MR) is 149 cm³/mol. The molecule has 2 aromatic carbocycles. The summed E-state index contributed by atoms with van der Waals surface area (Å²) in [5, 5.41) is 0. The van der Waals surface area contributed by atoms with Gasteiger partial charge in [0.15, 0.2) is 0 Å². The Morgan fingerprint density at radius 3 is 2.05 bits per heavy atom. The highest BCUT2D eigenvalue weighted by molar-refractivity contribution is 5.61. The van der Waals surface area contributed by atoms with Crippen LogP contribution in [0.5, 0.6) is 0 Å². The zero-order valence-electron chi connectivity index (χ0n) is 23.2. The van der Waals surface area contributed by atoms with E-state index in [1.54, 1.807) is 24.5 Å². The number of halogens is 6. The lowest BCUT2D eigenvalue weighted by atomic mass is 10.00. The molecule has 3 nitrogen and oxygen atoms in total. The summed E-state index contributed by atoms with van der Waals surface area (Å²) in [6.45, 7) is 4.08. The Balaban J connectivity index is 1.54. The number of alkyl halides is 6. The lowest BCUT2D eigenvalue weighted by molar-refractivity contribution is -0.143. The topological polar surface area (TPSA) is 19.4 Å². The van der Waals surface area contributed by atoms with E-state index in [9.17, 15) is 26.3 Å². The van der Waals surface area contributed by atoms with Crippen molar-refractivity contribution in [3.05, 3.63) is 88.2 Å². The van der Waals surface area contributed by atoms with Gasteiger partial charge in [0.1, 0.15) is 0 Å². The van der Waals surface area contributed by atoms with Gasteiger partial charge in [-0.3, -0.25) is 4.98 Å². The summed E-state index contributed by atoms with van der Waals surface area (Å²) in [6, 6.07) is 9.79. The Morgan fingerprint density at radius 2 is 1.46 bits per heavy atom. The molecule has 220 valence electrons. The Bertz CT molecular complexity index is 1300. The van der Waals surface area contributed by atoms with Gasteiger partial charge in [-0.05, 0) is 104 Å². The van der Waals surface area contributed by atoms with Crippen LogP contribution < -0.4 is 9.80 Å². The van der Waals surface area contributed by atoms with Gasteiger partial charge in [-0.2, -0.15) is 26.3 Å². The first kappa shape index (κ1) is 29.3. The number of aromatic nitrogens is 1. The van der Waals surface area contributed by atoms with Crippen molar-refractivity contribution in [1.82, 2.24) is 4.98 Å². The van der Waals surface area contributed by atoms with Crippen molar-refractivity contribution in [3.63, 3.8) is 0 Å². The molecule has 0 amide bonds. The Labute approximate surface area is 237 Å². The quantitative estimate of drug-likeness (QED) is 0.238. The van der Waals surface area contributed by atoms with Crippen LogP contribution in [0.1, 0.15) is 72.4 Å². The number of pyridine rings is 1. The Morgan fingerprint density at radius 1 is 0.805 bits per heavy atom. The van der Waals surface area contributed by atoms with Crippen molar-refractivity contribution >= 4 is 11.4 Å². The molecule has 0 N–H and O–H groups in total. The van der Waals surface area contributed by atoms with Gasteiger partial charge in [-0.1, -0.05) is 18.9 Å². The largest absolute Gasteiger partial charge is 0.416 e. The molecule has 2 aliphatic rings. The van der Waals surface area contributed by atoms with Gasteiger partial charge >= 0.3 is 12.4 Å². The minimum atomic E-state index is -4.90. The lowest BCUT2D eigenvalue weighted by Gasteiger charge is -2.32. The predicted octanol–water partition coefficient (Wildman–Crippen LogP) is 8.83. The molecule has 0 radical (unpaired) electrons. The first-order valence-corrected chi connectivity index (χ1v) is 14.3. The molecule has 0 atom stereocenters. The molecular formula is C32H35F6N3. The van der Waals surface area contributed by atoms with Crippen molar-refractivity contribution in [3.8, 4) is 0 Å². The second-order valence-corrected chi connectivity index (χ2v) is 11.3. The molecule has 3 aromatic rings. The van der Waals surface area contributed by atoms with Gasteiger partial charge in [0.25, 0.3) is 0 Å². The molecule has 0 saturated heterocycles. The highest BCUT2D eigenvalue weighted by Gasteiger charge is 2.37. The fraction of sp³-hybridized carbons (Fsp3) is 0.469. The minimum absolute atomic E-state index is 0.0583. The highest BCUT2D eigenvalue weighted by Crippen LogP contribution is 2.38. The summed E-state index contributed by atoms with van der Waals surface area (Å²) in [5.74, 6) is 0.622. The van der Waals surface area contributed by atoms with Crippen molar-refractivity contribution in [1.29, 1.82) is 0 Å². The summed E-state index contributed by atoms with van der Waals surface area (Å²) in [5.41, 5.74) is 2.69. The van der Waals surface area contributed by atoms with Crippen molar-refractivity contribution in [2.24, 2.45) is 5.92 Å². The van der Waals surface area contributed by atoms with E-state index in [4.69, 9.17) is 0 Å². The fourth-order valence-electron chi connectivity index (χ4n) is 6.30. The molecule has 0 spiro atoms. The van der Waals surface area contributed by atoms with E-state index in [0.717, 1.165) is 55.7 Å². The van der Waals surface area contributed by atoms with Crippen LogP contribution in [-0.2, 0) is 38.3 Å². The average molecular weight is 576 g/mol. The van der Waals surface area contributed by atoms with Crippen LogP contribution >= 0.6 is 0 Å². The zero-order valence-corrected chi connectivity index (χ0v) is 23.2. The zero-order chi connectivity index (χ0) is 29.2. The van der Waals surface area contributed by atoms with Gasteiger partial charge in [0, 0.05) is 38.1 Å². The SMILES string of the molecule is CCN(CC1CCCC1)c1cc2c(cc1CN(Cc1cc(C(F)(F)F)cc(C(F)(F)F)c1)c1cccnc1)CCC2. The molecule has 2 aliphatic carbocycles. The summed E-state index contributed by atoms with van der Waals surface area (Å²) in [7, 11) is 0. The third kappa shape index (κ3) is 6.99. The summed E-state index contributed by atoms with van der Waals surface area (Å²) in [4.78, 5) is 8.42. The van der Waals surface area contributed by atoms with E-state index in [2.05, 4.69) is 28.9 Å². The maximum Gasteiger partial charge on any atom is 0.416 e. The molecule has 5 rings (SSSR count). The fourth-order valence-corrected chi connectivity index (χ4v) is 6.30. The number of hydrogen-bond donors (Lipinski definition) is 0. The number of benzene rings is 2. The molecule has 0 bridgehead atoms. The summed E-state index contributed by atoms with van der Waals surface area (Å²) >= 11 is 0. The van der Waals surface area contributed by atoms with Crippen LogP contribution in [0, 0.1) is 5.92 Å². The number of rotatable bonds is 9. The number of hydrogen-bond acceptors (Lipinski definition) is 3. The van der Waals surface area contributed by atoms with E-state index >= 15 is 0 Å². The van der Waals surface area contributed by atoms with Crippen LogP contribution in [0.15, 0.2) is 54.9 Å². The molecule has 9 heteroatoms. The standard InChI is InChI=1S/C32H35F6N3/c1-2-40(19-22-7-3-4-8-22)30-16-25-10-5-9-24(25)15-26(30)21-41(29-11-6-12-39-18-29)20-23-13-27(31(33,34)35)17-28(14-23)32(36,37)38/h6,11-18,22H,2-5,7-10,19-21H2,1H3. The average Bonchev–Trinajstić information content (AvgIpc) is 3.62. The molecule has 1 fully saturated rings. The van der Waals surface area contributed by atoms with E-state index in [0.29, 0.717) is 18.2 Å². The Hall–Kier alpha value is -3.23. The van der Waals surface area contributed by atoms with Gasteiger partial charge in [0.2, 0.25) is 0 Å². The maximum absolute atomic E-state index is 13.6. The second-order valence-electron chi connectivity index (χ2n) is 11.3. The number of fused-ring (bicyclic) bond motifs is 1. The number of anilines is 2. The molecule has 1 heterocycles. The van der Waals surface area contributed by atoms with Crippen molar-refractivity contribution < 1.29 is 26.3 Å². The molecule has 0 aliphatic heterocycles. The lowest BCUT2D eigenvalue weighted by Crippen LogP contribution is -2.31. The normalized spacial score (nSPS) is 15.8. The smallest absolute Gasteiger partial charge is 0.371 e. The van der Waals surface area contributed by atoms with Gasteiger partial charge < -0.3 is 9.80 Å². The van der Waals surface area contributed by atoms with Crippen molar-refractivity contribution in [2.45, 2.75) is 77.3 Å². The third-order valence-corrected chi connectivity index (χ3v) is 8.36. The Kier molecular flexibility index (Phi) is 8.52. The monoisotopic (exact) mass is 575 g/mol. The molecule has 1 saturated carbocycles. The van der Waals surface area contributed by atoms with Gasteiger partial charge in [-0.15, -0.1) is 0 Å². The maximum atomic E-state index is 13.6. The van der Waals surface area contributed by atoms with Crippen LogP contribution in [-0.4, -0.2) is 18.1 Å². The molecule has 1 aromatic heterocycles. The minimum Gasteiger partial charge on any atom is -0.371 e. The van der Waals surface area contributed by atoms with Crippen LogP contribution in [0.25, 0.3) is 0 Å². The summed E-state index contributed by atoms with van der Waals surface area (Å²) < 4.78 is 81.7. The number of aryl methyl sites for hydroxylation is 2. The molecular weight excluding hydrogens is 540 g/mol.